The molecule has 1 aliphatic heterocycles. The van der Waals surface area contributed by atoms with E-state index in [-0.39, 0.29) is 17.5 Å². The Kier molecular flexibility index (Phi) is 5.04. The summed E-state index contributed by atoms with van der Waals surface area (Å²) in [4.78, 5) is 14.9. The average molecular weight is 288 g/mol. The monoisotopic (exact) mass is 288 g/mol. The molecule has 3 nitrogen and oxygen atoms in total. The molecule has 1 aromatic carbocycles. The summed E-state index contributed by atoms with van der Waals surface area (Å²) in [5, 5.41) is 3.59. The van der Waals surface area contributed by atoms with E-state index in [1.54, 1.807) is 0 Å². The van der Waals surface area contributed by atoms with Gasteiger partial charge in [-0.3, -0.25) is 4.79 Å². The summed E-state index contributed by atoms with van der Waals surface area (Å²) in [5.74, 6) is 0.464. The van der Waals surface area contributed by atoms with Crippen molar-refractivity contribution in [2.45, 2.75) is 52.1 Å². The van der Waals surface area contributed by atoms with Gasteiger partial charge in [-0.1, -0.05) is 44.2 Å². The van der Waals surface area contributed by atoms with Crippen LogP contribution in [-0.4, -0.2) is 29.4 Å². The number of carbonyl (C=O) groups excluding carboxylic acids is 1. The summed E-state index contributed by atoms with van der Waals surface area (Å²) in [7, 11) is 0. The van der Waals surface area contributed by atoms with Crippen molar-refractivity contribution in [3.63, 3.8) is 0 Å². The minimum absolute atomic E-state index is 0.120. The minimum Gasteiger partial charge on any atom is -0.334 e. The van der Waals surface area contributed by atoms with Crippen molar-refractivity contribution in [3.05, 3.63) is 35.9 Å². The summed E-state index contributed by atoms with van der Waals surface area (Å²) in [6.45, 7) is 10.1. The van der Waals surface area contributed by atoms with Gasteiger partial charge in [0.25, 0.3) is 0 Å². The first-order valence-corrected chi connectivity index (χ1v) is 8.09. The van der Waals surface area contributed by atoms with Crippen molar-refractivity contribution < 1.29 is 4.79 Å². The van der Waals surface area contributed by atoms with Gasteiger partial charge in [0.15, 0.2) is 0 Å². The van der Waals surface area contributed by atoms with Gasteiger partial charge >= 0.3 is 0 Å². The fraction of sp³-hybridized carbons (Fsp3) is 0.611. The van der Waals surface area contributed by atoms with E-state index in [2.05, 4.69) is 62.2 Å². The van der Waals surface area contributed by atoms with E-state index >= 15 is 0 Å². The van der Waals surface area contributed by atoms with Gasteiger partial charge in [-0.15, -0.1) is 0 Å². The molecule has 0 saturated carbocycles. The lowest BCUT2D eigenvalue weighted by atomic mass is 9.91. The summed E-state index contributed by atoms with van der Waals surface area (Å²) in [6, 6.07) is 10.7. The largest absolute Gasteiger partial charge is 0.334 e. The molecule has 1 unspecified atom stereocenters. The molecule has 2 rings (SSSR count). The normalized spacial score (nSPS) is 21.6. The summed E-state index contributed by atoms with van der Waals surface area (Å²) in [5.41, 5.74) is 1.14. The maximum atomic E-state index is 12.9. The van der Waals surface area contributed by atoms with Gasteiger partial charge < -0.3 is 10.2 Å². The van der Waals surface area contributed by atoms with Crippen LogP contribution in [-0.2, 0) is 4.79 Å². The topological polar surface area (TPSA) is 32.3 Å². The van der Waals surface area contributed by atoms with Gasteiger partial charge in [-0.05, 0) is 32.3 Å². The highest BCUT2D eigenvalue weighted by Crippen LogP contribution is 2.28. The molecule has 0 bridgehead atoms. The lowest BCUT2D eigenvalue weighted by Crippen LogP contribution is -2.61. The molecule has 1 aromatic rings. The van der Waals surface area contributed by atoms with Crippen LogP contribution in [0, 0.1) is 5.92 Å². The molecule has 0 aliphatic carbocycles. The zero-order valence-corrected chi connectivity index (χ0v) is 13.7. The van der Waals surface area contributed by atoms with Crippen molar-refractivity contribution in [1.29, 1.82) is 0 Å². The maximum Gasteiger partial charge on any atom is 0.226 e. The molecule has 0 spiro atoms. The van der Waals surface area contributed by atoms with Gasteiger partial charge in [-0.2, -0.15) is 0 Å². The fourth-order valence-electron chi connectivity index (χ4n) is 3.12. The number of benzene rings is 1. The van der Waals surface area contributed by atoms with E-state index in [9.17, 15) is 4.79 Å². The van der Waals surface area contributed by atoms with E-state index in [0.717, 1.165) is 25.9 Å². The maximum absolute atomic E-state index is 12.9. The SMILES string of the molecule is CCC(CC)C(=O)N1CC(c2ccccc2)NCC1(C)C. The van der Waals surface area contributed by atoms with Crippen LogP contribution in [0.1, 0.15) is 52.1 Å². The zero-order valence-electron chi connectivity index (χ0n) is 13.7. The Hall–Kier alpha value is -1.35. The Balaban J connectivity index is 2.19. The molecular weight excluding hydrogens is 260 g/mol. The number of piperazine rings is 1. The number of carbonyl (C=O) groups is 1. The van der Waals surface area contributed by atoms with Crippen molar-refractivity contribution in [2.24, 2.45) is 5.92 Å². The van der Waals surface area contributed by atoms with Crippen LogP contribution in [0.15, 0.2) is 30.3 Å². The second-order valence-corrected chi connectivity index (χ2v) is 6.62. The molecule has 0 aromatic heterocycles. The van der Waals surface area contributed by atoms with Crippen LogP contribution in [0.3, 0.4) is 0 Å². The summed E-state index contributed by atoms with van der Waals surface area (Å²) < 4.78 is 0. The highest BCUT2D eigenvalue weighted by atomic mass is 16.2. The zero-order chi connectivity index (χ0) is 15.5. The second kappa shape index (κ2) is 6.61. The Morgan fingerprint density at radius 3 is 2.48 bits per heavy atom. The van der Waals surface area contributed by atoms with Crippen LogP contribution in [0.5, 0.6) is 0 Å². The lowest BCUT2D eigenvalue weighted by molar-refractivity contribution is -0.143. The van der Waals surface area contributed by atoms with E-state index in [1.165, 1.54) is 5.56 Å². The van der Waals surface area contributed by atoms with Crippen LogP contribution in [0.4, 0.5) is 0 Å². The van der Waals surface area contributed by atoms with Crippen molar-refractivity contribution in [2.75, 3.05) is 13.1 Å². The van der Waals surface area contributed by atoms with E-state index in [1.807, 2.05) is 6.07 Å². The number of rotatable bonds is 4. The quantitative estimate of drug-likeness (QED) is 0.921. The molecule has 1 heterocycles. The van der Waals surface area contributed by atoms with Gasteiger partial charge in [0, 0.05) is 30.6 Å². The molecule has 1 atom stereocenters. The van der Waals surface area contributed by atoms with Crippen LogP contribution < -0.4 is 5.32 Å². The third kappa shape index (κ3) is 3.46. The predicted molar refractivity (Wildman–Crippen MR) is 87.0 cm³/mol. The molecule has 116 valence electrons. The summed E-state index contributed by atoms with van der Waals surface area (Å²) >= 11 is 0. The number of hydrogen-bond acceptors (Lipinski definition) is 2. The van der Waals surface area contributed by atoms with Crippen LogP contribution >= 0.6 is 0 Å². The fourth-order valence-corrected chi connectivity index (χ4v) is 3.12. The first-order chi connectivity index (χ1) is 9.99. The van der Waals surface area contributed by atoms with Crippen LogP contribution in [0.25, 0.3) is 0 Å². The van der Waals surface area contributed by atoms with Gasteiger partial charge in [0.1, 0.15) is 0 Å². The lowest BCUT2D eigenvalue weighted by Gasteiger charge is -2.47. The van der Waals surface area contributed by atoms with Crippen LogP contribution in [0.2, 0.25) is 0 Å². The van der Waals surface area contributed by atoms with Gasteiger partial charge in [0.05, 0.1) is 0 Å². The van der Waals surface area contributed by atoms with Crippen molar-refractivity contribution >= 4 is 5.91 Å². The van der Waals surface area contributed by atoms with E-state index in [4.69, 9.17) is 0 Å². The molecule has 1 fully saturated rings. The molecule has 0 radical (unpaired) electrons. The molecule has 1 amide bonds. The first kappa shape index (κ1) is 16.0. The Bertz CT molecular complexity index is 465. The number of nitrogens with zero attached hydrogens (tertiary/aromatic N) is 1. The second-order valence-electron chi connectivity index (χ2n) is 6.62. The van der Waals surface area contributed by atoms with Gasteiger partial charge in [-0.25, -0.2) is 0 Å². The standard InChI is InChI=1S/C18H28N2O/c1-5-14(6-2)17(21)20-12-16(19-13-18(20,3)4)15-10-8-7-9-11-15/h7-11,14,16,19H,5-6,12-13H2,1-4H3. The molecule has 21 heavy (non-hydrogen) atoms. The van der Waals surface area contributed by atoms with Gasteiger partial charge in [0.2, 0.25) is 5.91 Å². The number of amides is 1. The Morgan fingerprint density at radius 1 is 1.29 bits per heavy atom. The predicted octanol–water partition coefficient (Wildman–Crippen LogP) is 3.37. The number of hydrogen-bond donors (Lipinski definition) is 1. The van der Waals surface area contributed by atoms with Crippen molar-refractivity contribution in [3.8, 4) is 0 Å². The smallest absolute Gasteiger partial charge is 0.226 e. The van der Waals surface area contributed by atoms with Crippen molar-refractivity contribution in [1.82, 2.24) is 10.2 Å². The van der Waals surface area contributed by atoms with E-state index in [0.29, 0.717) is 5.91 Å². The average Bonchev–Trinajstić information content (AvgIpc) is 2.49. The third-order valence-electron chi connectivity index (χ3n) is 4.68. The molecule has 1 saturated heterocycles. The molecule has 3 heteroatoms. The molecular formula is C18H28N2O. The van der Waals surface area contributed by atoms with E-state index < -0.39 is 0 Å². The summed E-state index contributed by atoms with van der Waals surface area (Å²) in [6.07, 6.45) is 1.84. The highest BCUT2D eigenvalue weighted by Gasteiger charge is 2.39. The molecule has 1 aliphatic rings. The number of nitrogens with one attached hydrogen (secondary N) is 1. The first-order valence-electron chi connectivity index (χ1n) is 8.09. The Labute approximate surface area is 128 Å². The Morgan fingerprint density at radius 2 is 1.90 bits per heavy atom. The third-order valence-corrected chi connectivity index (χ3v) is 4.68. The minimum atomic E-state index is -0.120. The highest BCUT2D eigenvalue weighted by molar-refractivity contribution is 5.79. The molecule has 1 N–H and O–H groups in total.